The van der Waals surface area contributed by atoms with Crippen molar-refractivity contribution >= 4 is 50.7 Å². The zero-order valence-corrected chi connectivity index (χ0v) is 13.8. The molecule has 0 aliphatic carbocycles. The minimum atomic E-state index is -0.589. The highest BCUT2D eigenvalue weighted by Crippen LogP contribution is 2.24. The zero-order chi connectivity index (χ0) is 16.3. The molecule has 0 saturated carbocycles. The number of nitrogens with one attached hydrogen (secondary N) is 2. The van der Waals surface area contributed by atoms with E-state index in [1.807, 2.05) is 0 Å². The van der Waals surface area contributed by atoms with Gasteiger partial charge >= 0.3 is 0 Å². The molecule has 0 unspecified atom stereocenters. The van der Waals surface area contributed by atoms with Crippen LogP contribution in [-0.2, 0) is 4.79 Å². The molecule has 2 aromatic rings. The van der Waals surface area contributed by atoms with Gasteiger partial charge in [-0.1, -0.05) is 27.5 Å². The van der Waals surface area contributed by atoms with Crippen molar-refractivity contribution in [1.29, 1.82) is 0 Å². The van der Waals surface area contributed by atoms with E-state index in [4.69, 9.17) is 11.6 Å². The highest BCUT2D eigenvalue weighted by atomic mass is 79.9. The van der Waals surface area contributed by atoms with Gasteiger partial charge in [0.05, 0.1) is 16.3 Å². The summed E-state index contributed by atoms with van der Waals surface area (Å²) >= 11 is 9.25. The van der Waals surface area contributed by atoms with E-state index in [0.29, 0.717) is 15.2 Å². The molecule has 0 heterocycles. The van der Waals surface area contributed by atoms with Gasteiger partial charge in [0.1, 0.15) is 5.82 Å². The molecule has 7 heteroatoms. The fraction of sp³-hybridized carbons (Fsp3) is 0.0667. The Hall–Kier alpha value is -1.92. The monoisotopic (exact) mass is 384 g/mol. The second kappa shape index (κ2) is 6.89. The Balaban J connectivity index is 2.25. The van der Waals surface area contributed by atoms with Gasteiger partial charge in [0, 0.05) is 17.1 Å². The van der Waals surface area contributed by atoms with Gasteiger partial charge in [0.15, 0.2) is 0 Å². The summed E-state index contributed by atoms with van der Waals surface area (Å²) in [5, 5.41) is 5.25. The molecule has 0 radical (unpaired) electrons. The van der Waals surface area contributed by atoms with Gasteiger partial charge in [-0.2, -0.15) is 0 Å². The second-order valence-electron chi connectivity index (χ2n) is 4.45. The number of hydrogen-bond donors (Lipinski definition) is 2. The first-order valence-electron chi connectivity index (χ1n) is 6.20. The number of amides is 2. The van der Waals surface area contributed by atoms with E-state index in [2.05, 4.69) is 26.6 Å². The van der Waals surface area contributed by atoms with Gasteiger partial charge in [0.2, 0.25) is 5.91 Å². The lowest BCUT2D eigenvalue weighted by Gasteiger charge is -2.10. The lowest BCUT2D eigenvalue weighted by atomic mass is 10.2. The number of benzene rings is 2. The Labute approximate surface area is 139 Å². The number of anilines is 2. The SMILES string of the molecule is CC(=O)Nc1cc(NC(=O)c2cc(Br)ccc2Cl)ccc1F. The molecule has 0 aromatic heterocycles. The molecule has 0 bridgehead atoms. The van der Waals surface area contributed by atoms with Gasteiger partial charge in [-0.15, -0.1) is 0 Å². The van der Waals surface area contributed by atoms with E-state index in [1.165, 1.54) is 19.1 Å². The molecule has 0 saturated heterocycles. The number of hydrogen-bond acceptors (Lipinski definition) is 2. The van der Waals surface area contributed by atoms with Gasteiger partial charge in [-0.05, 0) is 36.4 Å². The van der Waals surface area contributed by atoms with Crippen LogP contribution >= 0.6 is 27.5 Å². The van der Waals surface area contributed by atoms with Crippen molar-refractivity contribution in [2.45, 2.75) is 6.92 Å². The summed E-state index contributed by atoms with van der Waals surface area (Å²) in [5.41, 5.74) is 0.610. The van der Waals surface area contributed by atoms with Crippen LogP contribution in [0.2, 0.25) is 5.02 Å². The van der Waals surface area contributed by atoms with Gasteiger partial charge in [-0.25, -0.2) is 4.39 Å². The van der Waals surface area contributed by atoms with Crippen molar-refractivity contribution in [1.82, 2.24) is 0 Å². The molecule has 2 aromatic carbocycles. The summed E-state index contributed by atoms with van der Waals surface area (Å²) in [6.07, 6.45) is 0. The summed E-state index contributed by atoms with van der Waals surface area (Å²) in [7, 11) is 0. The van der Waals surface area contributed by atoms with Crippen molar-refractivity contribution in [2.24, 2.45) is 0 Å². The second-order valence-corrected chi connectivity index (χ2v) is 5.78. The standard InChI is InChI=1S/C15H11BrClFN2O2/c1-8(21)19-14-7-10(3-5-13(14)18)20-15(22)11-6-9(16)2-4-12(11)17/h2-7H,1H3,(H,19,21)(H,20,22). The Morgan fingerprint density at radius 2 is 1.86 bits per heavy atom. The first kappa shape index (κ1) is 16.5. The largest absolute Gasteiger partial charge is 0.324 e. The maximum Gasteiger partial charge on any atom is 0.257 e. The fourth-order valence-corrected chi connectivity index (χ4v) is 2.32. The average molecular weight is 386 g/mol. The van der Waals surface area contributed by atoms with E-state index < -0.39 is 17.6 Å². The van der Waals surface area contributed by atoms with Crippen LogP contribution in [0, 0.1) is 5.82 Å². The van der Waals surface area contributed by atoms with Crippen molar-refractivity contribution in [3.05, 3.63) is 57.3 Å². The molecule has 22 heavy (non-hydrogen) atoms. The molecule has 0 fully saturated rings. The molecule has 2 N–H and O–H groups in total. The number of halogens is 3. The summed E-state index contributed by atoms with van der Waals surface area (Å²) in [5.74, 6) is -1.43. The molecule has 114 valence electrons. The quantitative estimate of drug-likeness (QED) is 0.820. The summed E-state index contributed by atoms with van der Waals surface area (Å²) in [4.78, 5) is 23.2. The minimum absolute atomic E-state index is 0.00867. The highest BCUT2D eigenvalue weighted by Gasteiger charge is 2.12. The molecule has 4 nitrogen and oxygen atoms in total. The van der Waals surface area contributed by atoms with Crippen molar-refractivity contribution in [2.75, 3.05) is 10.6 Å². The summed E-state index contributed by atoms with van der Waals surface area (Å²) in [6.45, 7) is 1.27. The van der Waals surface area contributed by atoms with Crippen LogP contribution in [-0.4, -0.2) is 11.8 Å². The minimum Gasteiger partial charge on any atom is -0.324 e. The van der Waals surface area contributed by atoms with E-state index >= 15 is 0 Å². The normalized spacial score (nSPS) is 10.2. The molecule has 2 rings (SSSR count). The predicted molar refractivity (Wildman–Crippen MR) is 87.8 cm³/mol. The molecule has 0 aliphatic heterocycles. The topological polar surface area (TPSA) is 58.2 Å². The Morgan fingerprint density at radius 3 is 2.55 bits per heavy atom. The van der Waals surface area contributed by atoms with E-state index in [-0.39, 0.29) is 11.3 Å². The van der Waals surface area contributed by atoms with Crippen molar-refractivity contribution in [3.63, 3.8) is 0 Å². The summed E-state index contributed by atoms with van der Waals surface area (Å²) in [6, 6.07) is 8.77. The van der Waals surface area contributed by atoms with Crippen molar-refractivity contribution in [3.8, 4) is 0 Å². The molecule has 2 amide bonds. The number of rotatable bonds is 3. The Kier molecular flexibility index (Phi) is 5.15. The maximum atomic E-state index is 13.6. The van der Waals surface area contributed by atoms with Crippen LogP contribution in [0.25, 0.3) is 0 Å². The summed E-state index contributed by atoms with van der Waals surface area (Å²) < 4.78 is 14.3. The third kappa shape index (κ3) is 4.05. The Morgan fingerprint density at radius 1 is 1.14 bits per heavy atom. The first-order valence-corrected chi connectivity index (χ1v) is 7.37. The number of carbonyl (C=O) groups excluding carboxylic acids is 2. The zero-order valence-electron chi connectivity index (χ0n) is 11.4. The average Bonchev–Trinajstić information content (AvgIpc) is 2.44. The van der Waals surface area contributed by atoms with Gasteiger partial charge < -0.3 is 10.6 Å². The van der Waals surface area contributed by atoms with E-state index in [1.54, 1.807) is 18.2 Å². The molecular weight excluding hydrogens is 375 g/mol. The first-order chi connectivity index (χ1) is 10.4. The van der Waals surface area contributed by atoms with E-state index in [0.717, 1.165) is 6.07 Å². The van der Waals surface area contributed by atoms with Crippen LogP contribution in [0.4, 0.5) is 15.8 Å². The molecule has 0 spiro atoms. The van der Waals surface area contributed by atoms with Crippen molar-refractivity contribution < 1.29 is 14.0 Å². The fourth-order valence-electron chi connectivity index (χ4n) is 1.76. The number of carbonyl (C=O) groups is 2. The van der Waals surface area contributed by atoms with Gasteiger partial charge in [-0.3, -0.25) is 9.59 Å². The Bertz CT molecular complexity index is 752. The highest BCUT2D eigenvalue weighted by molar-refractivity contribution is 9.10. The van der Waals surface area contributed by atoms with E-state index in [9.17, 15) is 14.0 Å². The lowest BCUT2D eigenvalue weighted by molar-refractivity contribution is -0.114. The van der Waals surface area contributed by atoms with Crippen LogP contribution in [0.15, 0.2) is 40.9 Å². The third-order valence-electron chi connectivity index (χ3n) is 2.71. The smallest absolute Gasteiger partial charge is 0.257 e. The van der Waals surface area contributed by atoms with Crippen LogP contribution < -0.4 is 10.6 Å². The third-order valence-corrected chi connectivity index (χ3v) is 3.53. The van der Waals surface area contributed by atoms with Crippen LogP contribution in [0.3, 0.4) is 0 Å². The van der Waals surface area contributed by atoms with Crippen LogP contribution in [0.5, 0.6) is 0 Å². The van der Waals surface area contributed by atoms with Crippen LogP contribution in [0.1, 0.15) is 17.3 Å². The predicted octanol–water partition coefficient (Wildman–Crippen LogP) is 4.45. The molecular formula is C15H11BrClFN2O2. The maximum absolute atomic E-state index is 13.6. The molecule has 0 aliphatic rings. The van der Waals surface area contributed by atoms with Gasteiger partial charge in [0.25, 0.3) is 5.91 Å². The molecule has 0 atom stereocenters. The lowest BCUT2D eigenvalue weighted by Crippen LogP contribution is -2.13.